The molecule has 126 valence electrons. The van der Waals surface area contributed by atoms with Crippen LogP contribution < -0.4 is 9.64 Å². The van der Waals surface area contributed by atoms with Crippen LogP contribution in [0.2, 0.25) is 0 Å². The van der Waals surface area contributed by atoms with Crippen molar-refractivity contribution in [2.24, 2.45) is 0 Å². The van der Waals surface area contributed by atoms with Crippen molar-refractivity contribution in [2.45, 2.75) is 13.3 Å². The number of amides is 1. The van der Waals surface area contributed by atoms with Gasteiger partial charge in [-0.3, -0.25) is 4.79 Å². The molecule has 2 aromatic rings. The highest BCUT2D eigenvalue weighted by molar-refractivity contribution is 5.78. The first kappa shape index (κ1) is 16.2. The lowest BCUT2D eigenvalue weighted by molar-refractivity contribution is -0.133. The molecule has 1 fully saturated rings. The van der Waals surface area contributed by atoms with Gasteiger partial charge in [-0.05, 0) is 30.2 Å². The van der Waals surface area contributed by atoms with Crippen LogP contribution in [-0.2, 0) is 11.2 Å². The molecule has 1 saturated heterocycles. The van der Waals surface area contributed by atoms with Crippen molar-refractivity contribution in [2.75, 3.05) is 37.7 Å². The van der Waals surface area contributed by atoms with E-state index in [9.17, 15) is 4.79 Å². The zero-order valence-electron chi connectivity index (χ0n) is 13.9. The van der Waals surface area contributed by atoms with E-state index in [0.717, 1.165) is 31.2 Å². The molecule has 2 heterocycles. The Bertz CT molecular complexity index is 652. The first-order chi connectivity index (χ1) is 11.8. The summed E-state index contributed by atoms with van der Waals surface area (Å²) in [5.74, 6) is 1.47. The summed E-state index contributed by atoms with van der Waals surface area (Å²) >= 11 is 0. The van der Waals surface area contributed by atoms with Crippen molar-refractivity contribution >= 4 is 11.9 Å². The van der Waals surface area contributed by atoms with E-state index < -0.39 is 0 Å². The molecule has 6 nitrogen and oxygen atoms in total. The third-order valence-electron chi connectivity index (χ3n) is 4.16. The third-order valence-corrected chi connectivity index (χ3v) is 4.16. The first-order valence-corrected chi connectivity index (χ1v) is 8.27. The second kappa shape index (κ2) is 7.77. The molecule has 24 heavy (non-hydrogen) atoms. The minimum absolute atomic E-state index is 0.0169. The summed E-state index contributed by atoms with van der Waals surface area (Å²) in [6, 6.07) is 9.68. The van der Waals surface area contributed by atoms with Crippen molar-refractivity contribution in [3.63, 3.8) is 0 Å². The maximum Gasteiger partial charge on any atom is 0.260 e. The number of piperazine rings is 1. The number of ether oxygens (including phenoxy) is 1. The number of hydrogen-bond acceptors (Lipinski definition) is 5. The standard InChI is InChI=1S/C18H22N4O2/c1-2-15-4-6-16(7-5-15)24-14-17(23)21-10-12-22(13-11-21)18-19-8-3-9-20-18/h3-9H,2,10-14H2,1H3. The molecular formula is C18H22N4O2. The van der Waals surface area contributed by atoms with Crippen LogP contribution in [0.15, 0.2) is 42.7 Å². The van der Waals surface area contributed by atoms with Gasteiger partial charge < -0.3 is 14.5 Å². The lowest BCUT2D eigenvalue weighted by Crippen LogP contribution is -2.50. The first-order valence-electron chi connectivity index (χ1n) is 8.27. The minimum Gasteiger partial charge on any atom is -0.484 e. The average Bonchev–Trinajstić information content (AvgIpc) is 2.67. The van der Waals surface area contributed by atoms with Crippen LogP contribution in [0.25, 0.3) is 0 Å². The maximum atomic E-state index is 12.3. The Morgan fingerprint density at radius 2 is 1.75 bits per heavy atom. The van der Waals surface area contributed by atoms with E-state index in [1.807, 2.05) is 29.2 Å². The maximum absolute atomic E-state index is 12.3. The Labute approximate surface area is 142 Å². The number of aryl methyl sites for hydroxylation is 1. The highest BCUT2D eigenvalue weighted by Gasteiger charge is 2.22. The molecular weight excluding hydrogens is 304 g/mol. The highest BCUT2D eigenvalue weighted by atomic mass is 16.5. The molecule has 0 spiro atoms. The number of benzene rings is 1. The number of carbonyl (C=O) groups is 1. The molecule has 0 aliphatic carbocycles. The van der Waals surface area contributed by atoms with Crippen molar-refractivity contribution < 1.29 is 9.53 Å². The molecule has 1 amide bonds. The van der Waals surface area contributed by atoms with Gasteiger partial charge in [-0.2, -0.15) is 0 Å². The number of hydrogen-bond donors (Lipinski definition) is 0. The second-order valence-corrected chi connectivity index (χ2v) is 5.70. The van der Waals surface area contributed by atoms with Gasteiger partial charge in [0.1, 0.15) is 5.75 Å². The largest absolute Gasteiger partial charge is 0.484 e. The number of rotatable bonds is 5. The molecule has 1 aromatic heterocycles. The summed E-state index contributed by atoms with van der Waals surface area (Å²) in [7, 11) is 0. The van der Waals surface area contributed by atoms with Gasteiger partial charge in [-0.1, -0.05) is 19.1 Å². The van der Waals surface area contributed by atoms with E-state index in [0.29, 0.717) is 13.1 Å². The summed E-state index contributed by atoms with van der Waals surface area (Å²) in [4.78, 5) is 24.7. The number of nitrogens with zero attached hydrogens (tertiary/aromatic N) is 4. The second-order valence-electron chi connectivity index (χ2n) is 5.70. The molecule has 3 rings (SSSR count). The third kappa shape index (κ3) is 4.01. The van der Waals surface area contributed by atoms with Crippen LogP contribution in [0.1, 0.15) is 12.5 Å². The van der Waals surface area contributed by atoms with E-state index >= 15 is 0 Å². The van der Waals surface area contributed by atoms with Gasteiger partial charge in [0.05, 0.1) is 0 Å². The highest BCUT2D eigenvalue weighted by Crippen LogP contribution is 2.13. The van der Waals surface area contributed by atoms with Gasteiger partial charge in [0.15, 0.2) is 6.61 Å². The predicted molar refractivity (Wildman–Crippen MR) is 92.1 cm³/mol. The monoisotopic (exact) mass is 326 g/mol. The molecule has 1 aromatic carbocycles. The van der Waals surface area contributed by atoms with Crippen LogP contribution in [-0.4, -0.2) is 53.6 Å². The smallest absolute Gasteiger partial charge is 0.260 e. The zero-order valence-corrected chi connectivity index (χ0v) is 13.9. The Morgan fingerprint density at radius 1 is 1.08 bits per heavy atom. The summed E-state index contributed by atoms with van der Waals surface area (Å²) in [6.07, 6.45) is 4.46. The Kier molecular flexibility index (Phi) is 5.25. The Hall–Kier alpha value is -2.63. The molecule has 0 radical (unpaired) electrons. The SMILES string of the molecule is CCc1ccc(OCC(=O)N2CCN(c3ncccn3)CC2)cc1. The molecule has 1 aliphatic heterocycles. The minimum atomic E-state index is 0.0169. The summed E-state index contributed by atoms with van der Waals surface area (Å²) in [5.41, 5.74) is 1.26. The molecule has 1 aliphatic rings. The number of aromatic nitrogens is 2. The van der Waals surface area contributed by atoms with E-state index in [1.165, 1.54) is 5.56 Å². The lowest BCUT2D eigenvalue weighted by atomic mass is 10.2. The van der Waals surface area contributed by atoms with Crippen LogP contribution >= 0.6 is 0 Å². The molecule has 0 N–H and O–H groups in total. The van der Waals surface area contributed by atoms with Crippen LogP contribution in [0.5, 0.6) is 5.75 Å². The topological polar surface area (TPSA) is 58.6 Å². The van der Waals surface area contributed by atoms with Gasteiger partial charge in [0.2, 0.25) is 5.95 Å². The van der Waals surface area contributed by atoms with E-state index in [1.54, 1.807) is 18.5 Å². The quantitative estimate of drug-likeness (QED) is 0.838. The van der Waals surface area contributed by atoms with E-state index in [4.69, 9.17) is 4.74 Å². The van der Waals surface area contributed by atoms with Crippen LogP contribution in [0, 0.1) is 0 Å². The van der Waals surface area contributed by atoms with Crippen molar-refractivity contribution in [3.05, 3.63) is 48.3 Å². The van der Waals surface area contributed by atoms with Crippen molar-refractivity contribution in [3.8, 4) is 5.75 Å². The number of anilines is 1. The Balaban J connectivity index is 1.46. The van der Waals surface area contributed by atoms with Gasteiger partial charge >= 0.3 is 0 Å². The van der Waals surface area contributed by atoms with Gasteiger partial charge in [-0.15, -0.1) is 0 Å². The lowest BCUT2D eigenvalue weighted by Gasteiger charge is -2.34. The van der Waals surface area contributed by atoms with Crippen LogP contribution in [0.4, 0.5) is 5.95 Å². The fourth-order valence-electron chi connectivity index (χ4n) is 2.67. The predicted octanol–water partition coefficient (Wildman–Crippen LogP) is 1.77. The van der Waals surface area contributed by atoms with Gasteiger partial charge in [0.25, 0.3) is 5.91 Å². The summed E-state index contributed by atoms with van der Waals surface area (Å²) < 4.78 is 5.60. The summed E-state index contributed by atoms with van der Waals surface area (Å²) in [6.45, 7) is 4.99. The van der Waals surface area contributed by atoms with Crippen molar-refractivity contribution in [1.82, 2.24) is 14.9 Å². The van der Waals surface area contributed by atoms with E-state index in [2.05, 4.69) is 21.8 Å². The number of carbonyl (C=O) groups excluding carboxylic acids is 1. The molecule has 0 atom stereocenters. The molecule has 0 bridgehead atoms. The van der Waals surface area contributed by atoms with E-state index in [-0.39, 0.29) is 12.5 Å². The zero-order chi connectivity index (χ0) is 16.8. The molecule has 6 heteroatoms. The molecule has 0 saturated carbocycles. The average molecular weight is 326 g/mol. The fourth-order valence-corrected chi connectivity index (χ4v) is 2.67. The molecule has 0 unspecified atom stereocenters. The van der Waals surface area contributed by atoms with Gasteiger partial charge in [-0.25, -0.2) is 9.97 Å². The fraction of sp³-hybridized carbons (Fsp3) is 0.389. The normalized spacial score (nSPS) is 14.5. The summed E-state index contributed by atoms with van der Waals surface area (Å²) in [5, 5.41) is 0. The van der Waals surface area contributed by atoms with Gasteiger partial charge in [0, 0.05) is 38.6 Å². The van der Waals surface area contributed by atoms with Crippen LogP contribution in [0.3, 0.4) is 0 Å². The Morgan fingerprint density at radius 3 is 2.38 bits per heavy atom. The van der Waals surface area contributed by atoms with Crippen molar-refractivity contribution in [1.29, 1.82) is 0 Å².